The van der Waals surface area contributed by atoms with Gasteiger partial charge in [0.1, 0.15) is 0 Å². The molecule has 0 fully saturated rings. The molecule has 3 nitrogen and oxygen atoms in total. The van der Waals surface area contributed by atoms with Gasteiger partial charge in [-0.25, -0.2) is 0 Å². The SMILES string of the molecule is CCCCCCCCCCC(=O)c1ccc(O)c(O)c1. The third-order valence-electron chi connectivity index (χ3n) is 3.55. The molecule has 112 valence electrons. The molecule has 0 aliphatic carbocycles. The topological polar surface area (TPSA) is 57.5 Å². The summed E-state index contributed by atoms with van der Waals surface area (Å²) in [6, 6.07) is 4.25. The second-order valence-corrected chi connectivity index (χ2v) is 5.35. The summed E-state index contributed by atoms with van der Waals surface area (Å²) in [5.41, 5.74) is 0.475. The molecular formula is C17H26O3. The molecule has 0 aliphatic heterocycles. The van der Waals surface area contributed by atoms with Gasteiger partial charge in [-0.15, -0.1) is 0 Å². The number of rotatable bonds is 10. The van der Waals surface area contributed by atoms with E-state index in [9.17, 15) is 15.0 Å². The summed E-state index contributed by atoms with van der Waals surface area (Å²) in [7, 11) is 0. The van der Waals surface area contributed by atoms with Gasteiger partial charge in [0, 0.05) is 12.0 Å². The first-order chi connectivity index (χ1) is 9.65. The Bertz CT molecular complexity index is 413. The molecule has 0 aliphatic rings. The highest BCUT2D eigenvalue weighted by Crippen LogP contribution is 2.25. The van der Waals surface area contributed by atoms with E-state index in [1.54, 1.807) is 6.07 Å². The number of aromatic hydroxyl groups is 2. The fraction of sp³-hybridized carbons (Fsp3) is 0.588. The average Bonchev–Trinajstić information content (AvgIpc) is 2.44. The van der Waals surface area contributed by atoms with Crippen molar-refractivity contribution in [3.05, 3.63) is 23.8 Å². The maximum Gasteiger partial charge on any atom is 0.163 e. The van der Waals surface area contributed by atoms with Crippen molar-refractivity contribution in [2.75, 3.05) is 0 Å². The quantitative estimate of drug-likeness (QED) is 0.367. The van der Waals surface area contributed by atoms with E-state index in [4.69, 9.17) is 0 Å². The fourth-order valence-electron chi connectivity index (χ4n) is 2.26. The second-order valence-electron chi connectivity index (χ2n) is 5.35. The van der Waals surface area contributed by atoms with Crippen LogP contribution in [0.5, 0.6) is 11.5 Å². The summed E-state index contributed by atoms with van der Waals surface area (Å²) in [6.45, 7) is 2.22. The zero-order chi connectivity index (χ0) is 14.8. The lowest BCUT2D eigenvalue weighted by atomic mass is 10.0. The fourth-order valence-corrected chi connectivity index (χ4v) is 2.26. The normalized spacial score (nSPS) is 10.7. The Hall–Kier alpha value is -1.51. The van der Waals surface area contributed by atoms with Crippen LogP contribution >= 0.6 is 0 Å². The second kappa shape index (κ2) is 9.40. The summed E-state index contributed by atoms with van der Waals surface area (Å²) in [6.07, 6.45) is 10.2. The first-order valence-corrected chi connectivity index (χ1v) is 7.70. The van der Waals surface area contributed by atoms with E-state index >= 15 is 0 Å². The zero-order valence-corrected chi connectivity index (χ0v) is 12.4. The Labute approximate surface area is 121 Å². The molecule has 1 aromatic rings. The summed E-state index contributed by atoms with van der Waals surface area (Å²) in [4.78, 5) is 11.9. The molecule has 0 saturated carbocycles. The number of Topliss-reactive ketones (excluding diaryl/α,β-unsaturated/α-hetero) is 1. The van der Waals surface area contributed by atoms with Crippen molar-refractivity contribution in [2.24, 2.45) is 0 Å². The molecule has 0 saturated heterocycles. The number of hydrogen-bond donors (Lipinski definition) is 2. The van der Waals surface area contributed by atoms with Crippen molar-refractivity contribution in [3.8, 4) is 11.5 Å². The number of hydrogen-bond acceptors (Lipinski definition) is 3. The predicted molar refractivity (Wildman–Crippen MR) is 81.3 cm³/mol. The first kappa shape index (κ1) is 16.5. The van der Waals surface area contributed by atoms with Gasteiger partial charge in [-0.2, -0.15) is 0 Å². The van der Waals surface area contributed by atoms with Crippen molar-refractivity contribution in [3.63, 3.8) is 0 Å². The van der Waals surface area contributed by atoms with Crippen LogP contribution in [0, 0.1) is 0 Å². The van der Waals surface area contributed by atoms with Crippen LogP contribution in [0.2, 0.25) is 0 Å². The number of benzene rings is 1. The number of ketones is 1. The third-order valence-corrected chi connectivity index (χ3v) is 3.55. The van der Waals surface area contributed by atoms with E-state index in [2.05, 4.69) is 6.92 Å². The predicted octanol–water partition coefficient (Wildman–Crippen LogP) is 4.81. The molecule has 0 bridgehead atoms. The molecule has 1 aromatic carbocycles. The van der Waals surface area contributed by atoms with Gasteiger partial charge in [-0.05, 0) is 24.6 Å². The molecule has 0 spiro atoms. The lowest BCUT2D eigenvalue weighted by molar-refractivity contribution is 0.0978. The van der Waals surface area contributed by atoms with Crippen molar-refractivity contribution >= 4 is 5.78 Å². The van der Waals surface area contributed by atoms with Gasteiger partial charge in [-0.1, -0.05) is 51.9 Å². The Morgan fingerprint density at radius 2 is 1.50 bits per heavy atom. The molecule has 3 heteroatoms. The number of carbonyl (C=O) groups is 1. The van der Waals surface area contributed by atoms with Gasteiger partial charge < -0.3 is 10.2 Å². The van der Waals surface area contributed by atoms with Crippen molar-refractivity contribution < 1.29 is 15.0 Å². The van der Waals surface area contributed by atoms with E-state index in [1.807, 2.05) is 0 Å². The maximum absolute atomic E-state index is 11.9. The van der Waals surface area contributed by atoms with Crippen LogP contribution in [0.15, 0.2) is 18.2 Å². The molecule has 0 aromatic heterocycles. The number of unbranched alkanes of at least 4 members (excludes halogenated alkanes) is 7. The van der Waals surface area contributed by atoms with E-state index in [1.165, 1.54) is 50.7 Å². The molecule has 2 N–H and O–H groups in total. The molecule has 0 atom stereocenters. The summed E-state index contributed by atoms with van der Waals surface area (Å²) in [5.74, 6) is -0.383. The minimum atomic E-state index is -0.230. The first-order valence-electron chi connectivity index (χ1n) is 7.70. The van der Waals surface area contributed by atoms with E-state index in [-0.39, 0.29) is 17.3 Å². The molecule has 0 amide bonds. The highest BCUT2D eigenvalue weighted by molar-refractivity contribution is 5.96. The van der Waals surface area contributed by atoms with Gasteiger partial charge >= 0.3 is 0 Å². The summed E-state index contributed by atoms with van der Waals surface area (Å²) >= 11 is 0. The number of phenols is 2. The molecule has 0 radical (unpaired) electrons. The number of phenolic OH excluding ortho intramolecular Hbond substituents is 2. The Morgan fingerprint density at radius 1 is 0.900 bits per heavy atom. The van der Waals surface area contributed by atoms with Crippen molar-refractivity contribution in [2.45, 2.75) is 64.7 Å². The van der Waals surface area contributed by atoms with Crippen LogP contribution < -0.4 is 0 Å². The summed E-state index contributed by atoms with van der Waals surface area (Å²) in [5, 5.41) is 18.6. The van der Waals surface area contributed by atoms with Gasteiger partial charge in [0.25, 0.3) is 0 Å². The molecule has 20 heavy (non-hydrogen) atoms. The van der Waals surface area contributed by atoms with Crippen LogP contribution in [-0.2, 0) is 0 Å². The zero-order valence-electron chi connectivity index (χ0n) is 12.4. The van der Waals surface area contributed by atoms with E-state index in [0.29, 0.717) is 12.0 Å². The molecule has 0 heterocycles. The molecule has 1 rings (SSSR count). The van der Waals surface area contributed by atoms with Crippen molar-refractivity contribution in [1.82, 2.24) is 0 Å². The van der Waals surface area contributed by atoms with Gasteiger partial charge in [0.2, 0.25) is 0 Å². The Morgan fingerprint density at radius 3 is 2.10 bits per heavy atom. The molecular weight excluding hydrogens is 252 g/mol. The molecule has 0 unspecified atom stereocenters. The Kier molecular flexibility index (Phi) is 7.78. The third kappa shape index (κ3) is 6.09. The van der Waals surface area contributed by atoms with Crippen LogP contribution in [-0.4, -0.2) is 16.0 Å². The summed E-state index contributed by atoms with van der Waals surface area (Å²) < 4.78 is 0. The highest BCUT2D eigenvalue weighted by Gasteiger charge is 2.08. The lowest BCUT2D eigenvalue weighted by Crippen LogP contribution is -1.98. The lowest BCUT2D eigenvalue weighted by Gasteiger charge is -2.04. The van der Waals surface area contributed by atoms with Gasteiger partial charge in [0.05, 0.1) is 0 Å². The van der Waals surface area contributed by atoms with Crippen LogP contribution in [0.3, 0.4) is 0 Å². The van der Waals surface area contributed by atoms with Gasteiger partial charge in [-0.3, -0.25) is 4.79 Å². The van der Waals surface area contributed by atoms with Crippen molar-refractivity contribution in [1.29, 1.82) is 0 Å². The smallest absolute Gasteiger partial charge is 0.163 e. The number of carbonyl (C=O) groups excluding carboxylic acids is 1. The maximum atomic E-state index is 11.9. The van der Waals surface area contributed by atoms with Crippen LogP contribution in [0.1, 0.15) is 75.1 Å². The van der Waals surface area contributed by atoms with Crippen LogP contribution in [0.25, 0.3) is 0 Å². The van der Waals surface area contributed by atoms with E-state index < -0.39 is 0 Å². The van der Waals surface area contributed by atoms with Gasteiger partial charge in [0.15, 0.2) is 17.3 Å². The largest absolute Gasteiger partial charge is 0.504 e. The minimum Gasteiger partial charge on any atom is -0.504 e. The highest BCUT2D eigenvalue weighted by atomic mass is 16.3. The standard InChI is InChI=1S/C17H26O3/c1-2-3-4-5-6-7-8-9-10-15(18)14-11-12-16(19)17(20)13-14/h11-13,19-20H,2-10H2,1H3. The monoisotopic (exact) mass is 278 g/mol. The van der Waals surface area contributed by atoms with Crippen LogP contribution in [0.4, 0.5) is 0 Å². The average molecular weight is 278 g/mol. The minimum absolute atomic E-state index is 0.0336. The van der Waals surface area contributed by atoms with E-state index in [0.717, 1.165) is 12.8 Å². The Balaban J connectivity index is 2.15.